The highest BCUT2D eigenvalue weighted by Crippen LogP contribution is 2.33. The summed E-state index contributed by atoms with van der Waals surface area (Å²) >= 11 is 0. The Morgan fingerprint density at radius 2 is 2.03 bits per heavy atom. The number of aryl methyl sites for hydroxylation is 1. The molecule has 3 aromatic rings. The summed E-state index contributed by atoms with van der Waals surface area (Å²) in [5.41, 5.74) is 3.33. The Bertz CT molecular complexity index is 1040. The Labute approximate surface area is 194 Å². The van der Waals surface area contributed by atoms with E-state index in [0.717, 1.165) is 55.5 Å². The lowest BCUT2D eigenvalue weighted by molar-refractivity contribution is 0.174. The van der Waals surface area contributed by atoms with Crippen molar-refractivity contribution >= 4 is 12.4 Å². The van der Waals surface area contributed by atoms with Crippen LogP contribution in [-0.2, 0) is 6.54 Å². The highest BCUT2D eigenvalue weighted by Gasteiger charge is 2.28. The summed E-state index contributed by atoms with van der Waals surface area (Å²) in [6.07, 6.45) is 7.71. The first kappa shape index (κ1) is 22.5. The fraction of sp³-hybridized carbons (Fsp3) is 0.435. The third-order valence-corrected chi connectivity index (χ3v) is 5.96. The van der Waals surface area contributed by atoms with Gasteiger partial charge in [-0.3, -0.25) is 9.47 Å². The fourth-order valence-electron chi connectivity index (χ4n) is 4.40. The molecule has 0 aliphatic carbocycles. The Kier molecular flexibility index (Phi) is 6.93. The number of imidazole rings is 1. The first-order valence-electron chi connectivity index (χ1n) is 10.8. The van der Waals surface area contributed by atoms with Crippen LogP contribution in [0, 0.1) is 6.92 Å². The van der Waals surface area contributed by atoms with Gasteiger partial charge in [-0.15, -0.1) is 12.4 Å². The van der Waals surface area contributed by atoms with Gasteiger partial charge in [-0.1, -0.05) is 6.07 Å². The smallest absolute Gasteiger partial charge is 0.235 e. The third-order valence-electron chi connectivity index (χ3n) is 5.96. The highest BCUT2D eigenvalue weighted by molar-refractivity contribution is 5.85. The molecule has 8 nitrogen and oxygen atoms in total. The largest absolute Gasteiger partial charge is 0.454 e. The number of ether oxygens (including phenoxy) is 2. The number of fused-ring (bicyclic) bond motifs is 1. The first-order chi connectivity index (χ1) is 15.2. The van der Waals surface area contributed by atoms with E-state index in [-0.39, 0.29) is 12.4 Å². The maximum atomic E-state index is 5.50. The predicted octanol–water partition coefficient (Wildman–Crippen LogP) is 3.39. The van der Waals surface area contributed by atoms with Gasteiger partial charge in [0.15, 0.2) is 11.5 Å². The quantitative estimate of drug-likeness (QED) is 0.539. The minimum atomic E-state index is 0. The Morgan fingerprint density at radius 3 is 2.88 bits per heavy atom. The van der Waals surface area contributed by atoms with Crippen molar-refractivity contribution in [3.63, 3.8) is 0 Å². The van der Waals surface area contributed by atoms with Crippen molar-refractivity contribution in [2.75, 3.05) is 33.5 Å². The average Bonchev–Trinajstić information content (AvgIpc) is 3.53. The molecule has 1 aromatic carbocycles. The molecule has 5 rings (SSSR count). The van der Waals surface area contributed by atoms with E-state index in [1.54, 1.807) is 12.5 Å². The van der Waals surface area contributed by atoms with Gasteiger partial charge in [0.2, 0.25) is 12.7 Å². The van der Waals surface area contributed by atoms with Crippen molar-refractivity contribution < 1.29 is 9.47 Å². The van der Waals surface area contributed by atoms with Crippen LogP contribution >= 0.6 is 12.4 Å². The zero-order chi connectivity index (χ0) is 21.2. The molecular weight excluding hydrogens is 428 g/mol. The van der Waals surface area contributed by atoms with Crippen LogP contribution in [0.4, 0.5) is 0 Å². The van der Waals surface area contributed by atoms with E-state index < -0.39 is 0 Å². The summed E-state index contributed by atoms with van der Waals surface area (Å²) < 4.78 is 12.8. The number of benzene rings is 1. The number of hydrogen-bond acceptors (Lipinski definition) is 7. The lowest BCUT2D eigenvalue weighted by Gasteiger charge is -2.27. The molecular formula is C23H29ClN6O2. The van der Waals surface area contributed by atoms with Crippen LogP contribution in [0.3, 0.4) is 0 Å². The van der Waals surface area contributed by atoms with Crippen molar-refractivity contribution in [3.05, 3.63) is 59.9 Å². The number of nitrogens with zero attached hydrogens (tertiary/aromatic N) is 6. The number of likely N-dealkylation sites (N-methyl/N-ethyl adjacent to an activating group) is 1. The van der Waals surface area contributed by atoms with Crippen LogP contribution in [0.15, 0.2) is 43.0 Å². The van der Waals surface area contributed by atoms with Crippen LogP contribution in [0.2, 0.25) is 0 Å². The second kappa shape index (κ2) is 9.85. The molecule has 0 bridgehead atoms. The van der Waals surface area contributed by atoms with Crippen molar-refractivity contribution in [3.8, 4) is 17.4 Å². The first-order valence-corrected chi connectivity index (χ1v) is 10.8. The van der Waals surface area contributed by atoms with Gasteiger partial charge in [0, 0.05) is 37.7 Å². The molecule has 1 saturated heterocycles. The molecule has 170 valence electrons. The van der Waals surface area contributed by atoms with Gasteiger partial charge >= 0.3 is 0 Å². The number of halogens is 1. The topological polar surface area (TPSA) is 68.5 Å². The van der Waals surface area contributed by atoms with E-state index in [0.29, 0.717) is 18.8 Å². The maximum Gasteiger partial charge on any atom is 0.235 e. The number of hydrogen-bond donors (Lipinski definition) is 0. The van der Waals surface area contributed by atoms with E-state index in [9.17, 15) is 0 Å². The molecule has 0 N–H and O–H groups in total. The molecule has 4 heterocycles. The zero-order valence-electron chi connectivity index (χ0n) is 18.5. The summed E-state index contributed by atoms with van der Waals surface area (Å²) in [6.45, 7) is 6.33. The molecule has 0 radical (unpaired) electrons. The molecule has 2 aliphatic rings. The highest BCUT2D eigenvalue weighted by atomic mass is 35.5. The number of aromatic nitrogens is 4. The van der Waals surface area contributed by atoms with E-state index in [2.05, 4.69) is 45.0 Å². The minimum absolute atomic E-state index is 0. The minimum Gasteiger partial charge on any atom is -0.454 e. The number of likely N-dealkylation sites (tertiary alicyclic amines) is 1. The van der Waals surface area contributed by atoms with Crippen LogP contribution in [0.25, 0.3) is 5.95 Å². The molecule has 1 atom stereocenters. The molecule has 0 saturated carbocycles. The van der Waals surface area contributed by atoms with E-state index in [4.69, 9.17) is 14.5 Å². The van der Waals surface area contributed by atoms with Gasteiger partial charge in [-0.2, -0.15) is 0 Å². The summed E-state index contributed by atoms with van der Waals surface area (Å²) in [6, 6.07) is 8.66. The van der Waals surface area contributed by atoms with Crippen LogP contribution < -0.4 is 9.47 Å². The van der Waals surface area contributed by atoms with Crippen molar-refractivity contribution in [1.29, 1.82) is 0 Å². The molecule has 32 heavy (non-hydrogen) atoms. The Morgan fingerprint density at radius 1 is 1.16 bits per heavy atom. The van der Waals surface area contributed by atoms with Crippen molar-refractivity contribution in [2.24, 2.45) is 0 Å². The number of rotatable bonds is 7. The van der Waals surface area contributed by atoms with Gasteiger partial charge in [-0.25, -0.2) is 15.0 Å². The second-order valence-corrected chi connectivity index (χ2v) is 8.32. The normalized spacial score (nSPS) is 17.7. The lowest BCUT2D eigenvalue weighted by atomic mass is 10.1. The van der Waals surface area contributed by atoms with E-state index in [1.165, 1.54) is 12.0 Å². The second-order valence-electron chi connectivity index (χ2n) is 8.32. The van der Waals surface area contributed by atoms with Gasteiger partial charge in [-0.05, 0) is 57.1 Å². The zero-order valence-corrected chi connectivity index (χ0v) is 19.3. The molecule has 2 aromatic heterocycles. The SMILES string of the molecule is Cc1cc(C2CCCN2CCN(C)Cc2ccc3c(c2)OCO3)nc(-n2ccnc2)n1.Cl. The summed E-state index contributed by atoms with van der Waals surface area (Å²) in [5.74, 6) is 2.37. The van der Waals surface area contributed by atoms with Crippen LogP contribution in [0.1, 0.15) is 35.8 Å². The third kappa shape index (κ3) is 4.87. The average molecular weight is 457 g/mol. The lowest BCUT2D eigenvalue weighted by Crippen LogP contribution is -2.33. The molecule has 1 unspecified atom stereocenters. The summed E-state index contributed by atoms with van der Waals surface area (Å²) in [5, 5.41) is 0. The summed E-state index contributed by atoms with van der Waals surface area (Å²) in [4.78, 5) is 18.5. The Hall–Kier alpha value is -2.68. The fourth-order valence-corrected chi connectivity index (χ4v) is 4.40. The molecule has 2 aliphatic heterocycles. The van der Waals surface area contributed by atoms with Gasteiger partial charge in [0.25, 0.3) is 0 Å². The van der Waals surface area contributed by atoms with Gasteiger partial charge in [0.05, 0.1) is 11.7 Å². The molecule has 1 fully saturated rings. The maximum absolute atomic E-state index is 5.50. The van der Waals surface area contributed by atoms with Gasteiger partial charge in [0.1, 0.15) is 6.33 Å². The van der Waals surface area contributed by atoms with Crippen molar-refractivity contribution in [2.45, 2.75) is 32.4 Å². The molecule has 0 amide bonds. The van der Waals surface area contributed by atoms with E-state index in [1.807, 2.05) is 23.8 Å². The standard InChI is InChI=1S/C23H28N6O2.ClH/c1-17-12-19(26-23(25-17)29-9-7-24-15-29)20-4-3-8-28(20)11-10-27(2)14-18-5-6-21-22(13-18)31-16-30-21;/h5-7,9,12-13,15,20H,3-4,8,10-11,14,16H2,1-2H3;1H. The predicted molar refractivity (Wildman–Crippen MR) is 124 cm³/mol. The summed E-state index contributed by atoms with van der Waals surface area (Å²) in [7, 11) is 2.17. The Balaban J connectivity index is 0.00000245. The van der Waals surface area contributed by atoms with Crippen LogP contribution in [-0.4, -0.2) is 62.8 Å². The van der Waals surface area contributed by atoms with E-state index >= 15 is 0 Å². The van der Waals surface area contributed by atoms with Gasteiger partial charge < -0.3 is 14.4 Å². The molecule has 0 spiro atoms. The van der Waals surface area contributed by atoms with Crippen molar-refractivity contribution in [1.82, 2.24) is 29.3 Å². The van der Waals surface area contributed by atoms with Crippen LogP contribution in [0.5, 0.6) is 11.5 Å². The molecule has 9 heteroatoms. The monoisotopic (exact) mass is 456 g/mol.